The lowest BCUT2D eigenvalue weighted by atomic mass is 10.0. The molecule has 1 aromatic heterocycles. The van der Waals surface area contributed by atoms with Crippen molar-refractivity contribution in [1.82, 2.24) is 19.9 Å². The maximum absolute atomic E-state index is 12.5. The Kier molecular flexibility index (Phi) is 4.54. The van der Waals surface area contributed by atoms with Crippen molar-refractivity contribution in [3.05, 3.63) is 36.3 Å². The van der Waals surface area contributed by atoms with Crippen molar-refractivity contribution < 1.29 is 4.79 Å². The molecule has 0 spiro atoms. The van der Waals surface area contributed by atoms with Crippen LogP contribution in [0.2, 0.25) is 0 Å². The standard InChI is InChI=1S/C17H23N5O/c1-3-4-16-17(23)22(18)12(2)9-21(16)10-13-5-6-14-8-19-11-20-15(14)7-13/h5-8,11-12,16H,3-4,9-10,18H2,1-2H3. The first-order chi connectivity index (χ1) is 11.1. The van der Waals surface area contributed by atoms with Gasteiger partial charge in [0.2, 0.25) is 0 Å². The Labute approximate surface area is 136 Å². The summed E-state index contributed by atoms with van der Waals surface area (Å²) in [5.74, 6) is 5.93. The van der Waals surface area contributed by atoms with Gasteiger partial charge in [0.25, 0.3) is 5.91 Å². The summed E-state index contributed by atoms with van der Waals surface area (Å²) in [6, 6.07) is 6.08. The summed E-state index contributed by atoms with van der Waals surface area (Å²) < 4.78 is 0. The van der Waals surface area contributed by atoms with Crippen LogP contribution in [0.3, 0.4) is 0 Å². The maximum atomic E-state index is 12.5. The van der Waals surface area contributed by atoms with Crippen LogP contribution in [0.4, 0.5) is 0 Å². The van der Waals surface area contributed by atoms with Gasteiger partial charge in [-0.15, -0.1) is 0 Å². The Bertz CT molecular complexity index is 704. The minimum absolute atomic E-state index is 0.0220. The van der Waals surface area contributed by atoms with E-state index in [0.717, 1.165) is 42.4 Å². The maximum Gasteiger partial charge on any atom is 0.254 e. The summed E-state index contributed by atoms with van der Waals surface area (Å²) in [4.78, 5) is 23.1. The van der Waals surface area contributed by atoms with Crippen LogP contribution in [0.1, 0.15) is 32.3 Å². The third-order valence-electron chi connectivity index (χ3n) is 4.47. The van der Waals surface area contributed by atoms with E-state index in [4.69, 9.17) is 5.84 Å². The van der Waals surface area contributed by atoms with Crippen LogP contribution < -0.4 is 5.84 Å². The number of amides is 1. The fourth-order valence-corrected chi connectivity index (χ4v) is 3.21. The van der Waals surface area contributed by atoms with E-state index in [1.807, 2.05) is 19.2 Å². The van der Waals surface area contributed by atoms with Crippen LogP contribution in [0, 0.1) is 0 Å². The molecule has 0 radical (unpaired) electrons. The number of aromatic nitrogens is 2. The Morgan fingerprint density at radius 2 is 2.22 bits per heavy atom. The molecule has 3 rings (SSSR count). The third kappa shape index (κ3) is 3.18. The van der Waals surface area contributed by atoms with Crippen molar-refractivity contribution in [2.45, 2.75) is 45.3 Å². The first-order valence-electron chi connectivity index (χ1n) is 8.10. The molecule has 2 aromatic rings. The summed E-state index contributed by atoms with van der Waals surface area (Å²) in [6.07, 6.45) is 5.16. The summed E-state index contributed by atoms with van der Waals surface area (Å²) in [5, 5.41) is 2.42. The topological polar surface area (TPSA) is 75.3 Å². The van der Waals surface area contributed by atoms with Crippen LogP contribution in [0.25, 0.3) is 10.9 Å². The fraction of sp³-hybridized carbons (Fsp3) is 0.471. The molecule has 122 valence electrons. The van der Waals surface area contributed by atoms with Gasteiger partial charge in [-0.1, -0.05) is 25.5 Å². The number of carbonyl (C=O) groups excluding carboxylic acids is 1. The molecule has 23 heavy (non-hydrogen) atoms. The zero-order valence-corrected chi connectivity index (χ0v) is 13.6. The molecule has 0 saturated carbocycles. The lowest BCUT2D eigenvalue weighted by Crippen LogP contribution is -2.62. The number of carbonyl (C=O) groups is 1. The summed E-state index contributed by atoms with van der Waals surface area (Å²) in [7, 11) is 0. The zero-order chi connectivity index (χ0) is 16.4. The molecule has 1 aliphatic rings. The van der Waals surface area contributed by atoms with Crippen LogP contribution in [0.15, 0.2) is 30.7 Å². The van der Waals surface area contributed by atoms with E-state index in [1.54, 1.807) is 6.33 Å². The highest BCUT2D eigenvalue weighted by atomic mass is 16.2. The van der Waals surface area contributed by atoms with Crippen LogP contribution in [-0.2, 0) is 11.3 Å². The van der Waals surface area contributed by atoms with Gasteiger partial charge in [0.15, 0.2) is 0 Å². The van der Waals surface area contributed by atoms with Gasteiger partial charge >= 0.3 is 0 Å². The van der Waals surface area contributed by atoms with Gasteiger partial charge in [0, 0.05) is 24.7 Å². The average Bonchev–Trinajstić information content (AvgIpc) is 2.56. The van der Waals surface area contributed by atoms with Gasteiger partial charge < -0.3 is 0 Å². The molecule has 0 bridgehead atoms. The molecule has 0 aliphatic carbocycles. The van der Waals surface area contributed by atoms with E-state index in [0.29, 0.717) is 0 Å². The van der Waals surface area contributed by atoms with Crippen molar-refractivity contribution in [2.75, 3.05) is 6.54 Å². The predicted octanol–water partition coefficient (Wildman–Crippen LogP) is 1.70. The molecule has 1 fully saturated rings. The number of benzene rings is 1. The van der Waals surface area contributed by atoms with E-state index < -0.39 is 0 Å². The second kappa shape index (κ2) is 6.60. The van der Waals surface area contributed by atoms with Crippen molar-refractivity contribution in [2.24, 2.45) is 5.84 Å². The van der Waals surface area contributed by atoms with Crippen molar-refractivity contribution in [1.29, 1.82) is 0 Å². The minimum Gasteiger partial charge on any atom is -0.285 e. The Morgan fingerprint density at radius 1 is 1.39 bits per heavy atom. The fourth-order valence-electron chi connectivity index (χ4n) is 3.21. The Hall–Kier alpha value is -2.05. The number of nitrogens with two attached hydrogens (primary N) is 1. The highest BCUT2D eigenvalue weighted by Gasteiger charge is 2.36. The summed E-state index contributed by atoms with van der Waals surface area (Å²) >= 11 is 0. The van der Waals surface area contributed by atoms with Gasteiger partial charge in [0.05, 0.1) is 17.6 Å². The van der Waals surface area contributed by atoms with Crippen LogP contribution in [0.5, 0.6) is 0 Å². The quantitative estimate of drug-likeness (QED) is 0.687. The number of nitrogens with zero attached hydrogens (tertiary/aromatic N) is 4. The number of fused-ring (bicyclic) bond motifs is 1. The van der Waals surface area contributed by atoms with Gasteiger partial charge in [-0.25, -0.2) is 15.8 Å². The number of hydrogen-bond donors (Lipinski definition) is 1. The van der Waals surface area contributed by atoms with Gasteiger partial charge in [0.1, 0.15) is 6.33 Å². The molecule has 1 aromatic carbocycles. The van der Waals surface area contributed by atoms with E-state index in [2.05, 4.69) is 33.9 Å². The molecule has 1 aliphatic heterocycles. The molecule has 2 unspecified atom stereocenters. The van der Waals surface area contributed by atoms with Gasteiger partial charge in [-0.2, -0.15) is 0 Å². The molecular weight excluding hydrogens is 290 g/mol. The van der Waals surface area contributed by atoms with Crippen LogP contribution in [-0.4, -0.2) is 44.4 Å². The molecular formula is C17H23N5O. The Morgan fingerprint density at radius 3 is 3.00 bits per heavy atom. The number of hydrazine groups is 1. The second-order valence-electron chi connectivity index (χ2n) is 6.24. The molecule has 6 nitrogen and oxygen atoms in total. The normalized spacial score (nSPS) is 22.7. The molecule has 2 atom stereocenters. The van der Waals surface area contributed by atoms with Gasteiger partial charge in [-0.05, 0) is 25.0 Å². The number of piperazine rings is 1. The first kappa shape index (κ1) is 15.8. The second-order valence-corrected chi connectivity index (χ2v) is 6.24. The molecule has 1 saturated heterocycles. The van der Waals surface area contributed by atoms with E-state index in [1.165, 1.54) is 5.01 Å². The largest absolute Gasteiger partial charge is 0.285 e. The minimum atomic E-state index is -0.137. The predicted molar refractivity (Wildman–Crippen MR) is 89.1 cm³/mol. The third-order valence-corrected chi connectivity index (χ3v) is 4.47. The average molecular weight is 313 g/mol. The molecule has 2 heterocycles. The molecule has 1 amide bonds. The highest BCUT2D eigenvalue weighted by Crippen LogP contribution is 2.22. The number of hydrogen-bond acceptors (Lipinski definition) is 5. The van der Waals surface area contributed by atoms with E-state index in [-0.39, 0.29) is 18.0 Å². The van der Waals surface area contributed by atoms with Crippen molar-refractivity contribution in [3.8, 4) is 0 Å². The van der Waals surface area contributed by atoms with Crippen molar-refractivity contribution in [3.63, 3.8) is 0 Å². The van der Waals surface area contributed by atoms with Gasteiger partial charge in [-0.3, -0.25) is 14.7 Å². The summed E-state index contributed by atoms with van der Waals surface area (Å²) in [6.45, 7) is 5.60. The van der Waals surface area contributed by atoms with Crippen LogP contribution >= 0.6 is 0 Å². The monoisotopic (exact) mass is 313 g/mol. The zero-order valence-electron chi connectivity index (χ0n) is 13.6. The van der Waals surface area contributed by atoms with Crippen molar-refractivity contribution >= 4 is 16.8 Å². The number of rotatable bonds is 4. The van der Waals surface area contributed by atoms with E-state index in [9.17, 15) is 4.79 Å². The smallest absolute Gasteiger partial charge is 0.254 e. The highest BCUT2D eigenvalue weighted by molar-refractivity contribution is 5.82. The lowest BCUT2D eigenvalue weighted by molar-refractivity contribution is -0.146. The summed E-state index contributed by atoms with van der Waals surface area (Å²) in [5.41, 5.74) is 2.09. The molecule has 6 heteroatoms. The van der Waals surface area contributed by atoms with E-state index >= 15 is 0 Å². The first-order valence-corrected chi connectivity index (χ1v) is 8.10. The molecule has 2 N–H and O–H groups in total. The lowest BCUT2D eigenvalue weighted by Gasteiger charge is -2.42. The Balaban J connectivity index is 1.84. The SMILES string of the molecule is CCCC1C(=O)N(N)C(C)CN1Cc1ccc2cncnc2c1.